The Labute approximate surface area is 110 Å². The third-order valence-corrected chi connectivity index (χ3v) is 4.27. The highest BCUT2D eigenvalue weighted by Gasteiger charge is 2.39. The number of carbonyl (C=O) groups excluding carboxylic acids is 2. The molecule has 0 aliphatic carbocycles. The van der Waals surface area contributed by atoms with E-state index in [2.05, 4.69) is 10.6 Å². The van der Waals surface area contributed by atoms with Crippen molar-refractivity contribution in [2.24, 2.45) is 5.73 Å². The summed E-state index contributed by atoms with van der Waals surface area (Å²) in [7, 11) is 0. The van der Waals surface area contributed by atoms with Crippen LogP contribution in [0, 0.1) is 0 Å². The Morgan fingerprint density at radius 1 is 1.61 bits per heavy atom. The van der Waals surface area contributed by atoms with Crippen LogP contribution < -0.4 is 16.4 Å². The van der Waals surface area contributed by atoms with E-state index in [1.165, 1.54) is 11.3 Å². The van der Waals surface area contributed by atoms with Crippen LogP contribution in [0.3, 0.4) is 0 Å². The summed E-state index contributed by atoms with van der Waals surface area (Å²) in [4.78, 5) is 23.5. The first kappa shape index (κ1) is 13.0. The lowest BCUT2D eigenvalue weighted by Crippen LogP contribution is -2.50. The molecule has 6 heteroatoms. The molecule has 2 heterocycles. The number of anilines is 1. The summed E-state index contributed by atoms with van der Waals surface area (Å²) in [5.74, 6) is -0.594. The fraction of sp³-hybridized carbons (Fsp3) is 0.500. The van der Waals surface area contributed by atoms with Crippen molar-refractivity contribution in [1.29, 1.82) is 0 Å². The molecule has 1 aliphatic rings. The first-order valence-electron chi connectivity index (χ1n) is 6.03. The average Bonchev–Trinajstić information content (AvgIpc) is 2.97. The second-order valence-electron chi connectivity index (χ2n) is 4.45. The van der Waals surface area contributed by atoms with Crippen LogP contribution in [0.1, 0.15) is 36.5 Å². The first-order valence-corrected chi connectivity index (χ1v) is 6.91. The summed E-state index contributed by atoms with van der Waals surface area (Å²) >= 11 is 1.31. The molecule has 0 radical (unpaired) electrons. The number of amides is 2. The lowest BCUT2D eigenvalue weighted by Gasteiger charge is -2.26. The highest BCUT2D eigenvalue weighted by molar-refractivity contribution is 7.14. The SMILES string of the molecule is CCC1(C(=O)Nc2sccc2C(N)=O)CCCN1. The van der Waals surface area contributed by atoms with Crippen LogP contribution in [-0.2, 0) is 4.79 Å². The van der Waals surface area contributed by atoms with Crippen molar-refractivity contribution < 1.29 is 9.59 Å². The third-order valence-electron chi connectivity index (χ3n) is 3.44. The maximum Gasteiger partial charge on any atom is 0.251 e. The van der Waals surface area contributed by atoms with Gasteiger partial charge in [-0.25, -0.2) is 0 Å². The lowest BCUT2D eigenvalue weighted by molar-refractivity contribution is -0.122. The molecule has 1 unspecified atom stereocenters. The zero-order valence-electron chi connectivity index (χ0n) is 10.3. The van der Waals surface area contributed by atoms with E-state index in [9.17, 15) is 9.59 Å². The monoisotopic (exact) mass is 267 g/mol. The molecule has 1 saturated heterocycles. The van der Waals surface area contributed by atoms with E-state index in [-0.39, 0.29) is 5.91 Å². The van der Waals surface area contributed by atoms with Crippen molar-refractivity contribution in [1.82, 2.24) is 5.32 Å². The Kier molecular flexibility index (Phi) is 3.68. The molecule has 1 atom stereocenters. The predicted molar refractivity (Wildman–Crippen MR) is 71.7 cm³/mol. The number of nitrogens with one attached hydrogen (secondary N) is 2. The standard InChI is InChI=1S/C12H17N3O2S/c1-2-12(5-3-6-14-12)11(17)15-10-8(9(13)16)4-7-18-10/h4,7,14H,2-3,5-6H2,1H3,(H2,13,16)(H,15,17). The fourth-order valence-corrected chi connectivity index (χ4v) is 3.07. The molecule has 1 fully saturated rings. The molecule has 1 aliphatic heterocycles. The van der Waals surface area contributed by atoms with Crippen molar-refractivity contribution in [2.75, 3.05) is 11.9 Å². The normalized spacial score (nSPS) is 22.9. The van der Waals surface area contributed by atoms with E-state index in [0.717, 1.165) is 25.8 Å². The Morgan fingerprint density at radius 2 is 2.39 bits per heavy atom. The van der Waals surface area contributed by atoms with Crippen molar-refractivity contribution in [2.45, 2.75) is 31.7 Å². The van der Waals surface area contributed by atoms with Crippen LogP contribution in [0.2, 0.25) is 0 Å². The van der Waals surface area contributed by atoms with Gasteiger partial charge in [0.25, 0.3) is 5.91 Å². The molecule has 0 saturated carbocycles. The lowest BCUT2D eigenvalue weighted by atomic mass is 9.93. The van der Waals surface area contributed by atoms with Crippen molar-refractivity contribution in [3.05, 3.63) is 17.0 Å². The van der Waals surface area contributed by atoms with Gasteiger partial charge in [-0.05, 0) is 37.3 Å². The van der Waals surface area contributed by atoms with Gasteiger partial charge >= 0.3 is 0 Å². The molecule has 4 N–H and O–H groups in total. The average molecular weight is 267 g/mol. The second-order valence-corrected chi connectivity index (χ2v) is 5.36. The number of hydrogen-bond donors (Lipinski definition) is 3. The molecule has 0 aromatic carbocycles. The molecule has 2 rings (SSSR count). The van der Waals surface area contributed by atoms with Gasteiger partial charge in [0.1, 0.15) is 5.00 Å². The summed E-state index contributed by atoms with van der Waals surface area (Å²) in [6.45, 7) is 2.84. The van der Waals surface area contributed by atoms with E-state index in [1.54, 1.807) is 11.4 Å². The molecule has 5 nitrogen and oxygen atoms in total. The Balaban J connectivity index is 2.16. The number of rotatable bonds is 4. The molecule has 2 amide bonds. The highest BCUT2D eigenvalue weighted by atomic mass is 32.1. The topological polar surface area (TPSA) is 84.2 Å². The Bertz CT molecular complexity index is 464. The number of hydrogen-bond acceptors (Lipinski definition) is 4. The summed E-state index contributed by atoms with van der Waals surface area (Å²) < 4.78 is 0. The van der Waals surface area contributed by atoms with Crippen LogP contribution in [0.5, 0.6) is 0 Å². The van der Waals surface area contributed by atoms with Crippen LogP contribution in [0.25, 0.3) is 0 Å². The van der Waals surface area contributed by atoms with Crippen molar-refractivity contribution >= 4 is 28.2 Å². The van der Waals surface area contributed by atoms with Gasteiger partial charge in [-0.3, -0.25) is 9.59 Å². The first-order chi connectivity index (χ1) is 8.59. The van der Waals surface area contributed by atoms with E-state index < -0.39 is 11.4 Å². The van der Waals surface area contributed by atoms with Crippen LogP contribution in [-0.4, -0.2) is 23.9 Å². The van der Waals surface area contributed by atoms with Gasteiger partial charge in [-0.15, -0.1) is 11.3 Å². The number of thiophene rings is 1. The Hall–Kier alpha value is -1.40. The molecule has 0 bridgehead atoms. The minimum atomic E-state index is -0.517. The molecule has 0 spiro atoms. The third kappa shape index (κ3) is 2.26. The largest absolute Gasteiger partial charge is 0.366 e. The fourth-order valence-electron chi connectivity index (χ4n) is 2.29. The Morgan fingerprint density at radius 3 is 2.94 bits per heavy atom. The number of nitrogens with two attached hydrogens (primary N) is 1. The predicted octanol–water partition coefficient (Wildman–Crippen LogP) is 1.32. The van der Waals surface area contributed by atoms with Gasteiger partial charge in [0.15, 0.2) is 0 Å². The maximum absolute atomic E-state index is 12.3. The quantitative estimate of drug-likeness (QED) is 0.769. The second kappa shape index (κ2) is 5.07. The molecule has 98 valence electrons. The van der Waals surface area contributed by atoms with Gasteiger partial charge in [0.05, 0.1) is 11.1 Å². The molecule has 1 aromatic rings. The molecule has 18 heavy (non-hydrogen) atoms. The van der Waals surface area contributed by atoms with Crippen molar-refractivity contribution in [3.8, 4) is 0 Å². The van der Waals surface area contributed by atoms with Gasteiger partial charge in [-0.2, -0.15) is 0 Å². The van der Waals surface area contributed by atoms with E-state index in [4.69, 9.17) is 5.73 Å². The summed E-state index contributed by atoms with van der Waals surface area (Å²) in [6, 6.07) is 1.63. The van der Waals surface area contributed by atoms with E-state index >= 15 is 0 Å². The van der Waals surface area contributed by atoms with Gasteiger partial charge in [0.2, 0.25) is 5.91 Å². The van der Waals surface area contributed by atoms with Crippen LogP contribution in [0.15, 0.2) is 11.4 Å². The van der Waals surface area contributed by atoms with Gasteiger partial charge in [-0.1, -0.05) is 6.92 Å². The van der Waals surface area contributed by atoms with Crippen molar-refractivity contribution in [3.63, 3.8) is 0 Å². The minimum Gasteiger partial charge on any atom is -0.366 e. The molecule has 1 aromatic heterocycles. The number of carbonyl (C=O) groups is 2. The number of primary amides is 1. The summed E-state index contributed by atoms with van der Waals surface area (Å²) in [5.41, 5.74) is 5.13. The maximum atomic E-state index is 12.3. The highest BCUT2D eigenvalue weighted by Crippen LogP contribution is 2.28. The van der Waals surface area contributed by atoms with Crippen LogP contribution >= 0.6 is 11.3 Å². The van der Waals surface area contributed by atoms with Gasteiger partial charge in [0, 0.05) is 0 Å². The summed E-state index contributed by atoms with van der Waals surface area (Å²) in [5, 5.41) is 8.36. The zero-order chi connectivity index (χ0) is 13.2. The van der Waals surface area contributed by atoms with Crippen LogP contribution in [0.4, 0.5) is 5.00 Å². The van der Waals surface area contributed by atoms with Gasteiger partial charge < -0.3 is 16.4 Å². The molecular formula is C12H17N3O2S. The van der Waals surface area contributed by atoms with E-state index in [0.29, 0.717) is 10.6 Å². The zero-order valence-corrected chi connectivity index (χ0v) is 11.1. The van der Waals surface area contributed by atoms with E-state index in [1.807, 2.05) is 6.92 Å². The smallest absolute Gasteiger partial charge is 0.251 e. The minimum absolute atomic E-state index is 0.0764. The summed E-state index contributed by atoms with van der Waals surface area (Å²) in [6.07, 6.45) is 2.55. The molecular weight excluding hydrogens is 250 g/mol.